The summed E-state index contributed by atoms with van der Waals surface area (Å²) < 4.78 is 8.09. The SMILES string of the molecule is CC(Oc1nnc(-c2ccncc2)n1C1CC1)c1nnn(-c2cccc(C#N)c2)n1. The van der Waals surface area contributed by atoms with Crippen molar-refractivity contribution in [3.63, 3.8) is 0 Å². The lowest BCUT2D eigenvalue weighted by Gasteiger charge is -2.12. The van der Waals surface area contributed by atoms with E-state index in [1.807, 2.05) is 29.7 Å². The van der Waals surface area contributed by atoms with Crippen LogP contribution in [0.15, 0.2) is 48.8 Å². The van der Waals surface area contributed by atoms with Gasteiger partial charge in [0.1, 0.15) is 0 Å². The van der Waals surface area contributed by atoms with E-state index in [1.54, 1.807) is 30.6 Å². The zero-order chi connectivity index (χ0) is 20.5. The number of tetrazole rings is 1. The zero-order valence-corrected chi connectivity index (χ0v) is 16.1. The molecule has 0 radical (unpaired) electrons. The predicted molar refractivity (Wildman–Crippen MR) is 104 cm³/mol. The van der Waals surface area contributed by atoms with Crippen LogP contribution in [0.4, 0.5) is 0 Å². The number of aromatic nitrogens is 8. The van der Waals surface area contributed by atoms with Crippen molar-refractivity contribution >= 4 is 0 Å². The average Bonchev–Trinajstić information content (AvgIpc) is 3.34. The Morgan fingerprint density at radius 3 is 2.73 bits per heavy atom. The van der Waals surface area contributed by atoms with E-state index in [0.29, 0.717) is 29.1 Å². The van der Waals surface area contributed by atoms with Crippen LogP contribution in [0.1, 0.15) is 43.3 Å². The number of pyridine rings is 1. The summed E-state index contributed by atoms with van der Waals surface area (Å²) in [6.07, 6.45) is 5.10. The van der Waals surface area contributed by atoms with E-state index in [0.717, 1.165) is 24.2 Å². The molecule has 10 nitrogen and oxygen atoms in total. The van der Waals surface area contributed by atoms with Crippen LogP contribution >= 0.6 is 0 Å². The molecule has 1 aliphatic rings. The summed E-state index contributed by atoms with van der Waals surface area (Å²) in [7, 11) is 0. The second kappa shape index (κ2) is 7.36. The molecule has 1 unspecified atom stereocenters. The molecule has 3 aromatic heterocycles. The topological polar surface area (TPSA) is 120 Å². The minimum Gasteiger partial charge on any atom is -0.452 e. The normalized spacial score (nSPS) is 14.3. The second-order valence-electron chi connectivity index (χ2n) is 7.00. The lowest BCUT2D eigenvalue weighted by Crippen LogP contribution is -2.10. The summed E-state index contributed by atoms with van der Waals surface area (Å²) in [4.78, 5) is 5.44. The van der Waals surface area contributed by atoms with Crippen LogP contribution in [-0.4, -0.2) is 40.0 Å². The minimum absolute atomic E-state index is 0.322. The van der Waals surface area contributed by atoms with Gasteiger partial charge in [-0.1, -0.05) is 11.2 Å². The van der Waals surface area contributed by atoms with Gasteiger partial charge in [-0.25, -0.2) is 0 Å². The van der Waals surface area contributed by atoms with E-state index in [2.05, 4.69) is 36.7 Å². The summed E-state index contributed by atoms with van der Waals surface area (Å²) in [5, 5.41) is 30.3. The fourth-order valence-corrected chi connectivity index (χ4v) is 3.12. The highest BCUT2D eigenvalue weighted by Crippen LogP contribution is 2.41. The third-order valence-corrected chi connectivity index (χ3v) is 4.80. The Morgan fingerprint density at radius 2 is 1.97 bits per heavy atom. The van der Waals surface area contributed by atoms with E-state index < -0.39 is 6.10 Å². The molecule has 3 heterocycles. The standard InChI is InChI=1S/C20H17N9O/c1-13(18-23-27-29(26-18)17-4-2-3-14(11-17)12-21)30-20-25-24-19(28(20)16-5-6-16)15-7-9-22-10-8-15/h2-4,7-11,13,16H,5-6H2,1H3. The number of nitriles is 1. The Kier molecular flexibility index (Phi) is 4.40. The van der Waals surface area contributed by atoms with Crippen LogP contribution in [0.2, 0.25) is 0 Å². The third-order valence-electron chi connectivity index (χ3n) is 4.80. The summed E-state index contributed by atoms with van der Waals surface area (Å²) in [5.74, 6) is 1.17. The van der Waals surface area contributed by atoms with Gasteiger partial charge in [0.05, 0.1) is 17.3 Å². The van der Waals surface area contributed by atoms with Gasteiger partial charge in [0.25, 0.3) is 0 Å². The maximum atomic E-state index is 9.07. The lowest BCUT2D eigenvalue weighted by atomic mass is 10.2. The third kappa shape index (κ3) is 3.37. The molecule has 0 spiro atoms. The van der Waals surface area contributed by atoms with Crippen LogP contribution in [-0.2, 0) is 0 Å². The molecule has 1 fully saturated rings. The van der Waals surface area contributed by atoms with E-state index in [-0.39, 0.29) is 0 Å². The number of ether oxygens (including phenoxy) is 1. The molecule has 148 valence electrons. The number of nitrogens with zero attached hydrogens (tertiary/aromatic N) is 9. The van der Waals surface area contributed by atoms with Crippen LogP contribution in [0.25, 0.3) is 17.1 Å². The molecule has 4 aromatic rings. The summed E-state index contributed by atoms with van der Waals surface area (Å²) >= 11 is 0. The lowest BCUT2D eigenvalue weighted by molar-refractivity contribution is 0.188. The molecule has 0 N–H and O–H groups in total. The van der Waals surface area contributed by atoms with Gasteiger partial charge >= 0.3 is 6.01 Å². The van der Waals surface area contributed by atoms with Crippen molar-refractivity contribution in [3.8, 4) is 29.2 Å². The molecular weight excluding hydrogens is 382 g/mol. The van der Waals surface area contributed by atoms with E-state index in [9.17, 15) is 0 Å². The van der Waals surface area contributed by atoms with Gasteiger partial charge in [-0.2, -0.15) is 5.26 Å². The van der Waals surface area contributed by atoms with Crippen molar-refractivity contribution in [2.45, 2.75) is 31.9 Å². The number of benzene rings is 1. The van der Waals surface area contributed by atoms with Crippen molar-refractivity contribution in [2.75, 3.05) is 0 Å². The first-order valence-electron chi connectivity index (χ1n) is 9.55. The maximum absolute atomic E-state index is 9.07. The number of hydrogen-bond acceptors (Lipinski definition) is 8. The quantitative estimate of drug-likeness (QED) is 0.485. The van der Waals surface area contributed by atoms with Gasteiger partial charge in [0.15, 0.2) is 11.9 Å². The number of rotatable bonds is 6. The number of hydrogen-bond donors (Lipinski definition) is 0. The van der Waals surface area contributed by atoms with Gasteiger partial charge in [-0.3, -0.25) is 9.55 Å². The van der Waals surface area contributed by atoms with Gasteiger partial charge in [-0.05, 0) is 55.3 Å². The zero-order valence-electron chi connectivity index (χ0n) is 16.1. The van der Waals surface area contributed by atoms with Crippen molar-refractivity contribution in [2.24, 2.45) is 0 Å². The Labute approximate surface area is 171 Å². The fourth-order valence-electron chi connectivity index (χ4n) is 3.12. The van der Waals surface area contributed by atoms with Crippen LogP contribution in [0, 0.1) is 11.3 Å². The first-order chi connectivity index (χ1) is 14.7. The predicted octanol–water partition coefficient (Wildman–Crippen LogP) is 2.66. The molecule has 5 rings (SSSR count). The minimum atomic E-state index is -0.482. The Morgan fingerprint density at radius 1 is 1.13 bits per heavy atom. The van der Waals surface area contributed by atoms with E-state index >= 15 is 0 Å². The van der Waals surface area contributed by atoms with E-state index in [4.69, 9.17) is 10.00 Å². The van der Waals surface area contributed by atoms with Crippen molar-refractivity contribution in [1.29, 1.82) is 5.26 Å². The van der Waals surface area contributed by atoms with Crippen LogP contribution < -0.4 is 4.74 Å². The molecule has 1 aromatic carbocycles. The molecule has 0 bridgehead atoms. The fraction of sp³-hybridized carbons (Fsp3) is 0.250. The van der Waals surface area contributed by atoms with E-state index in [1.165, 1.54) is 4.80 Å². The molecular formula is C20H17N9O. The maximum Gasteiger partial charge on any atom is 0.318 e. The Balaban J connectivity index is 1.40. The first kappa shape index (κ1) is 17.9. The highest BCUT2D eigenvalue weighted by Gasteiger charge is 2.32. The molecule has 10 heteroatoms. The first-order valence-corrected chi connectivity index (χ1v) is 9.55. The van der Waals surface area contributed by atoms with Gasteiger partial charge in [0, 0.05) is 24.0 Å². The summed E-state index contributed by atoms with van der Waals surface area (Å²) in [5.41, 5.74) is 2.12. The van der Waals surface area contributed by atoms with Crippen molar-refractivity contribution < 1.29 is 4.74 Å². The average molecular weight is 399 g/mol. The van der Waals surface area contributed by atoms with Gasteiger partial charge in [-0.15, -0.1) is 20.1 Å². The molecule has 0 aliphatic heterocycles. The summed E-state index contributed by atoms with van der Waals surface area (Å²) in [6, 6.07) is 13.7. The smallest absolute Gasteiger partial charge is 0.318 e. The molecule has 1 saturated carbocycles. The summed E-state index contributed by atoms with van der Waals surface area (Å²) in [6.45, 7) is 1.84. The molecule has 0 amide bonds. The molecule has 1 aliphatic carbocycles. The Bertz CT molecular complexity index is 1220. The molecule has 0 saturated heterocycles. The van der Waals surface area contributed by atoms with Gasteiger partial charge in [0.2, 0.25) is 5.82 Å². The van der Waals surface area contributed by atoms with Crippen LogP contribution in [0.3, 0.4) is 0 Å². The highest BCUT2D eigenvalue weighted by atomic mass is 16.5. The van der Waals surface area contributed by atoms with Crippen molar-refractivity contribution in [1.82, 2.24) is 40.0 Å². The van der Waals surface area contributed by atoms with Crippen LogP contribution in [0.5, 0.6) is 6.01 Å². The largest absolute Gasteiger partial charge is 0.452 e. The second-order valence-corrected chi connectivity index (χ2v) is 7.00. The Hall–Kier alpha value is -4.13. The molecule has 1 atom stereocenters. The highest BCUT2D eigenvalue weighted by molar-refractivity contribution is 5.55. The monoisotopic (exact) mass is 399 g/mol. The van der Waals surface area contributed by atoms with Gasteiger partial charge < -0.3 is 4.74 Å². The molecule has 30 heavy (non-hydrogen) atoms. The van der Waals surface area contributed by atoms with Crippen molar-refractivity contribution in [3.05, 3.63) is 60.2 Å².